The van der Waals surface area contributed by atoms with Gasteiger partial charge in [-0.15, -0.1) is 11.3 Å². The number of benzene rings is 2. The molecular weight excluding hydrogens is 300 g/mol. The van der Waals surface area contributed by atoms with Crippen LogP contribution in [-0.2, 0) is 4.74 Å². The lowest BCUT2D eigenvalue weighted by Crippen LogP contribution is -2.02. The Balaban J connectivity index is 2.01. The third kappa shape index (κ3) is 2.68. The van der Waals surface area contributed by atoms with Crippen molar-refractivity contribution >= 4 is 27.2 Å². The van der Waals surface area contributed by atoms with Crippen LogP contribution in [0.5, 0.6) is 0 Å². The van der Waals surface area contributed by atoms with Crippen LogP contribution >= 0.6 is 11.3 Å². The largest absolute Gasteiger partial charge is 0.487 e. The highest BCUT2D eigenvalue weighted by molar-refractivity contribution is 7.18. The molecule has 0 fully saturated rings. The molecule has 1 aromatic heterocycles. The Kier molecular flexibility index (Phi) is 3.84. The van der Waals surface area contributed by atoms with Crippen LogP contribution in [-0.4, -0.2) is 9.91 Å². The van der Waals surface area contributed by atoms with E-state index in [1.165, 1.54) is 29.7 Å². The Morgan fingerprint density at radius 1 is 1.23 bits per heavy atom. The van der Waals surface area contributed by atoms with Gasteiger partial charge in [0.2, 0.25) is 0 Å². The van der Waals surface area contributed by atoms with E-state index in [-0.39, 0.29) is 5.69 Å². The zero-order valence-corrected chi connectivity index (χ0v) is 12.3. The topological polar surface area (TPSA) is 65.3 Å². The van der Waals surface area contributed by atoms with Gasteiger partial charge in [-0.05, 0) is 29.8 Å². The van der Waals surface area contributed by atoms with Crippen molar-refractivity contribution in [2.24, 2.45) is 0 Å². The van der Waals surface area contributed by atoms with E-state index in [9.17, 15) is 10.1 Å². The van der Waals surface area contributed by atoms with Crippen LogP contribution in [0.4, 0.5) is 5.69 Å². The first-order valence-electron chi connectivity index (χ1n) is 6.55. The molecule has 6 heteroatoms. The SMILES string of the molecule is C=COC(c1ccc([N+](=O)[O-])cc1)c1nc2ccccc2s1. The molecule has 0 aliphatic rings. The minimum Gasteiger partial charge on any atom is -0.487 e. The van der Waals surface area contributed by atoms with Crippen LogP contribution < -0.4 is 0 Å². The fraction of sp³-hybridized carbons (Fsp3) is 0.0625. The summed E-state index contributed by atoms with van der Waals surface area (Å²) < 4.78 is 6.65. The van der Waals surface area contributed by atoms with Crippen molar-refractivity contribution in [2.75, 3.05) is 0 Å². The number of para-hydroxylation sites is 1. The Morgan fingerprint density at radius 3 is 2.59 bits per heavy atom. The molecule has 0 N–H and O–H groups in total. The van der Waals surface area contributed by atoms with Crippen molar-refractivity contribution in [1.82, 2.24) is 4.98 Å². The fourth-order valence-corrected chi connectivity index (χ4v) is 3.18. The van der Waals surface area contributed by atoms with Crippen LogP contribution in [0.25, 0.3) is 10.2 Å². The third-order valence-corrected chi connectivity index (χ3v) is 4.25. The Hall–Kier alpha value is -2.73. The summed E-state index contributed by atoms with van der Waals surface area (Å²) in [6, 6.07) is 14.1. The lowest BCUT2D eigenvalue weighted by atomic mass is 10.1. The van der Waals surface area contributed by atoms with Crippen molar-refractivity contribution in [3.63, 3.8) is 0 Å². The zero-order chi connectivity index (χ0) is 15.5. The van der Waals surface area contributed by atoms with E-state index in [4.69, 9.17) is 4.74 Å². The number of fused-ring (bicyclic) bond motifs is 1. The van der Waals surface area contributed by atoms with E-state index in [2.05, 4.69) is 11.6 Å². The fourth-order valence-electron chi connectivity index (χ4n) is 2.15. The molecule has 0 radical (unpaired) electrons. The molecule has 0 saturated heterocycles. The highest BCUT2D eigenvalue weighted by atomic mass is 32.1. The van der Waals surface area contributed by atoms with E-state index in [1.807, 2.05) is 24.3 Å². The van der Waals surface area contributed by atoms with Gasteiger partial charge in [0.25, 0.3) is 5.69 Å². The summed E-state index contributed by atoms with van der Waals surface area (Å²) >= 11 is 1.53. The van der Waals surface area contributed by atoms with Gasteiger partial charge in [0.05, 0.1) is 21.4 Å². The molecule has 1 unspecified atom stereocenters. The van der Waals surface area contributed by atoms with Crippen LogP contribution in [0.3, 0.4) is 0 Å². The second-order valence-electron chi connectivity index (χ2n) is 4.55. The Labute approximate surface area is 130 Å². The van der Waals surface area contributed by atoms with E-state index in [1.54, 1.807) is 12.1 Å². The lowest BCUT2D eigenvalue weighted by molar-refractivity contribution is -0.384. The predicted molar refractivity (Wildman–Crippen MR) is 85.8 cm³/mol. The van der Waals surface area contributed by atoms with Crippen molar-refractivity contribution < 1.29 is 9.66 Å². The number of nitrogens with zero attached hydrogens (tertiary/aromatic N) is 2. The number of hydrogen-bond acceptors (Lipinski definition) is 5. The number of thiazole rings is 1. The molecule has 0 aliphatic heterocycles. The van der Waals surface area contributed by atoms with E-state index in [0.717, 1.165) is 20.8 Å². The minimum atomic E-state index is -0.426. The van der Waals surface area contributed by atoms with Gasteiger partial charge in [-0.3, -0.25) is 10.1 Å². The molecule has 0 spiro atoms. The molecule has 1 heterocycles. The van der Waals surface area contributed by atoms with Crippen molar-refractivity contribution in [1.29, 1.82) is 0 Å². The smallest absolute Gasteiger partial charge is 0.269 e. The number of nitro groups is 1. The summed E-state index contributed by atoms with van der Waals surface area (Å²) in [5.41, 5.74) is 1.75. The van der Waals surface area contributed by atoms with Crippen molar-refractivity contribution in [3.8, 4) is 0 Å². The van der Waals surface area contributed by atoms with Gasteiger partial charge in [-0.25, -0.2) is 4.98 Å². The Morgan fingerprint density at radius 2 is 1.95 bits per heavy atom. The first kappa shape index (κ1) is 14.2. The maximum atomic E-state index is 10.7. The van der Waals surface area contributed by atoms with Gasteiger partial charge >= 0.3 is 0 Å². The average molecular weight is 312 g/mol. The molecule has 3 rings (SSSR count). The van der Waals surface area contributed by atoms with E-state index in [0.29, 0.717) is 0 Å². The molecule has 0 bridgehead atoms. The molecule has 0 saturated carbocycles. The number of aromatic nitrogens is 1. The maximum absolute atomic E-state index is 10.7. The molecule has 110 valence electrons. The van der Waals surface area contributed by atoms with Crippen LogP contribution in [0.2, 0.25) is 0 Å². The number of non-ortho nitro benzene ring substituents is 1. The highest BCUT2D eigenvalue weighted by Gasteiger charge is 2.20. The summed E-state index contributed by atoms with van der Waals surface area (Å²) in [5, 5.41) is 11.5. The monoisotopic (exact) mass is 312 g/mol. The minimum absolute atomic E-state index is 0.0467. The van der Waals surface area contributed by atoms with Crippen molar-refractivity contribution in [2.45, 2.75) is 6.10 Å². The number of nitro benzene ring substituents is 1. The van der Waals surface area contributed by atoms with Gasteiger partial charge < -0.3 is 4.74 Å². The molecule has 0 aliphatic carbocycles. The predicted octanol–water partition coefficient (Wildman–Crippen LogP) is 4.45. The van der Waals surface area contributed by atoms with Crippen LogP contribution in [0.1, 0.15) is 16.7 Å². The molecule has 1 atom stereocenters. The van der Waals surface area contributed by atoms with E-state index < -0.39 is 11.0 Å². The summed E-state index contributed by atoms with van der Waals surface area (Å²) in [5.74, 6) is 0. The van der Waals surface area contributed by atoms with Gasteiger partial charge in [-0.1, -0.05) is 18.7 Å². The van der Waals surface area contributed by atoms with E-state index >= 15 is 0 Å². The zero-order valence-electron chi connectivity index (χ0n) is 11.5. The number of rotatable bonds is 5. The summed E-state index contributed by atoms with van der Waals surface area (Å²) in [6.07, 6.45) is 0.939. The maximum Gasteiger partial charge on any atom is 0.269 e. The molecular formula is C16H12N2O3S. The highest BCUT2D eigenvalue weighted by Crippen LogP contribution is 2.33. The van der Waals surface area contributed by atoms with Gasteiger partial charge in [0.1, 0.15) is 5.01 Å². The van der Waals surface area contributed by atoms with Gasteiger partial charge in [-0.2, -0.15) is 0 Å². The first-order valence-corrected chi connectivity index (χ1v) is 7.37. The standard InChI is InChI=1S/C16H12N2O3S/c1-2-21-15(11-7-9-12(10-8-11)18(19)20)16-17-13-5-3-4-6-14(13)22-16/h2-10,15H,1H2. The third-order valence-electron chi connectivity index (χ3n) is 3.17. The molecule has 0 amide bonds. The quantitative estimate of drug-likeness (QED) is 0.396. The second kappa shape index (κ2) is 5.95. The average Bonchev–Trinajstić information content (AvgIpc) is 2.96. The summed E-state index contributed by atoms with van der Waals surface area (Å²) in [7, 11) is 0. The second-order valence-corrected chi connectivity index (χ2v) is 5.61. The van der Waals surface area contributed by atoms with Crippen LogP contribution in [0.15, 0.2) is 61.4 Å². The van der Waals surface area contributed by atoms with Gasteiger partial charge in [0.15, 0.2) is 6.10 Å². The molecule has 2 aromatic carbocycles. The molecule has 22 heavy (non-hydrogen) atoms. The number of hydrogen-bond donors (Lipinski definition) is 0. The lowest BCUT2D eigenvalue weighted by Gasteiger charge is -2.14. The molecule has 5 nitrogen and oxygen atoms in total. The van der Waals surface area contributed by atoms with Crippen LogP contribution in [0, 0.1) is 10.1 Å². The normalized spacial score (nSPS) is 12.0. The number of ether oxygens (including phenoxy) is 1. The van der Waals surface area contributed by atoms with Crippen molar-refractivity contribution in [3.05, 3.63) is 82.1 Å². The summed E-state index contributed by atoms with van der Waals surface area (Å²) in [6.45, 7) is 3.60. The first-order chi connectivity index (χ1) is 10.7. The Bertz CT molecular complexity index is 794. The summed E-state index contributed by atoms with van der Waals surface area (Å²) in [4.78, 5) is 14.9. The molecule has 3 aromatic rings. The van der Waals surface area contributed by atoms with Gasteiger partial charge in [0, 0.05) is 12.1 Å².